The number of ether oxygens (including phenoxy) is 1. The molecular weight excluding hydrogens is 352 g/mol. The van der Waals surface area contributed by atoms with Gasteiger partial charge in [0, 0.05) is 16.4 Å². The van der Waals surface area contributed by atoms with Gasteiger partial charge in [0.2, 0.25) is 0 Å². The molecule has 6 heteroatoms. The number of anilines is 1. The summed E-state index contributed by atoms with van der Waals surface area (Å²) in [5.41, 5.74) is 2.74. The molecule has 0 fully saturated rings. The molecule has 1 aromatic heterocycles. The Labute approximate surface area is 156 Å². The van der Waals surface area contributed by atoms with Gasteiger partial charge in [0.1, 0.15) is 5.75 Å². The van der Waals surface area contributed by atoms with Crippen LogP contribution >= 0.6 is 11.6 Å². The molecule has 0 spiro atoms. The van der Waals surface area contributed by atoms with Gasteiger partial charge in [-0.1, -0.05) is 23.7 Å². The van der Waals surface area contributed by atoms with Crippen molar-refractivity contribution >= 4 is 29.5 Å². The fourth-order valence-electron chi connectivity index (χ4n) is 2.81. The van der Waals surface area contributed by atoms with Crippen LogP contribution in [0.2, 0.25) is 5.02 Å². The number of carbonyl (C=O) groups excluding carboxylic acids is 2. The van der Waals surface area contributed by atoms with Gasteiger partial charge in [-0.3, -0.25) is 9.59 Å². The molecule has 0 saturated carbocycles. The average Bonchev–Trinajstić information content (AvgIpc) is 3.00. The van der Waals surface area contributed by atoms with Crippen LogP contribution in [0.25, 0.3) is 5.69 Å². The summed E-state index contributed by atoms with van der Waals surface area (Å²) in [6.45, 7) is 1.79. The van der Waals surface area contributed by atoms with Crippen LogP contribution in [-0.2, 0) is 0 Å². The minimum Gasteiger partial charge on any atom is -0.495 e. The zero-order chi connectivity index (χ0) is 18.7. The highest BCUT2D eigenvalue weighted by Gasteiger charge is 2.20. The first kappa shape index (κ1) is 17.8. The van der Waals surface area contributed by atoms with E-state index in [0.717, 1.165) is 6.29 Å². The van der Waals surface area contributed by atoms with Gasteiger partial charge in [0.15, 0.2) is 6.29 Å². The fraction of sp³-hybridized carbons (Fsp3) is 0.100. The zero-order valence-electron chi connectivity index (χ0n) is 14.3. The van der Waals surface area contributed by atoms with E-state index in [9.17, 15) is 9.59 Å². The maximum Gasteiger partial charge on any atom is 0.257 e. The maximum atomic E-state index is 12.7. The van der Waals surface area contributed by atoms with Crippen molar-refractivity contribution in [3.8, 4) is 11.4 Å². The summed E-state index contributed by atoms with van der Waals surface area (Å²) in [4.78, 5) is 24.3. The second-order valence-electron chi connectivity index (χ2n) is 5.65. The van der Waals surface area contributed by atoms with Crippen molar-refractivity contribution in [2.24, 2.45) is 0 Å². The van der Waals surface area contributed by atoms with Crippen LogP contribution in [0.4, 0.5) is 5.69 Å². The molecule has 5 nitrogen and oxygen atoms in total. The standard InChI is InChI=1S/C20H17ClN2O3/c1-13-17(20(25)22-15-9-7-14(21)8-10-15)11-16(12-24)23(13)18-5-3-4-6-19(18)26-2/h3-12H,1-2H3,(H,22,25). The number of para-hydroxylation sites is 2. The lowest BCUT2D eigenvalue weighted by Crippen LogP contribution is -2.13. The Morgan fingerprint density at radius 1 is 1.15 bits per heavy atom. The lowest BCUT2D eigenvalue weighted by atomic mass is 10.2. The summed E-state index contributed by atoms with van der Waals surface area (Å²) < 4.78 is 7.09. The highest BCUT2D eigenvalue weighted by Crippen LogP contribution is 2.28. The van der Waals surface area contributed by atoms with E-state index in [2.05, 4.69) is 5.32 Å². The van der Waals surface area contributed by atoms with Crippen LogP contribution in [0.5, 0.6) is 5.75 Å². The number of amides is 1. The van der Waals surface area contributed by atoms with E-state index in [1.807, 2.05) is 18.2 Å². The molecule has 26 heavy (non-hydrogen) atoms. The number of aromatic nitrogens is 1. The number of hydrogen-bond acceptors (Lipinski definition) is 3. The number of carbonyl (C=O) groups is 2. The van der Waals surface area contributed by atoms with Gasteiger partial charge in [-0.2, -0.15) is 0 Å². The third-order valence-electron chi connectivity index (χ3n) is 4.07. The Hall–Kier alpha value is -3.05. The second kappa shape index (κ2) is 7.45. The molecule has 3 rings (SSSR count). The molecule has 0 aliphatic heterocycles. The number of aldehydes is 1. The predicted molar refractivity (Wildman–Crippen MR) is 102 cm³/mol. The molecule has 0 radical (unpaired) electrons. The van der Waals surface area contributed by atoms with Crippen molar-refractivity contribution in [1.29, 1.82) is 0 Å². The lowest BCUT2D eigenvalue weighted by molar-refractivity contribution is 0.102. The van der Waals surface area contributed by atoms with Crippen LogP contribution in [-0.4, -0.2) is 23.9 Å². The maximum absolute atomic E-state index is 12.7. The molecule has 2 aromatic carbocycles. The first-order valence-electron chi connectivity index (χ1n) is 7.93. The molecule has 0 atom stereocenters. The van der Waals surface area contributed by atoms with Gasteiger partial charge >= 0.3 is 0 Å². The van der Waals surface area contributed by atoms with Gasteiger partial charge in [0.05, 0.1) is 24.1 Å². The van der Waals surface area contributed by atoms with E-state index >= 15 is 0 Å². The molecule has 0 aliphatic carbocycles. The van der Waals surface area contributed by atoms with E-state index < -0.39 is 0 Å². The normalized spacial score (nSPS) is 10.4. The number of rotatable bonds is 5. The Balaban J connectivity index is 2.02. The van der Waals surface area contributed by atoms with Crippen LogP contribution in [0.15, 0.2) is 54.6 Å². The van der Waals surface area contributed by atoms with Crippen molar-refractivity contribution in [2.45, 2.75) is 6.92 Å². The Bertz CT molecular complexity index is 962. The summed E-state index contributed by atoms with van der Waals surface area (Å²) >= 11 is 5.86. The van der Waals surface area contributed by atoms with Gasteiger partial charge in [-0.05, 0) is 49.4 Å². The number of halogens is 1. The molecule has 1 heterocycles. The highest BCUT2D eigenvalue weighted by atomic mass is 35.5. The van der Waals surface area contributed by atoms with Crippen LogP contribution in [0, 0.1) is 6.92 Å². The van der Waals surface area contributed by atoms with Gasteiger partial charge in [-0.15, -0.1) is 0 Å². The number of hydrogen-bond donors (Lipinski definition) is 1. The lowest BCUT2D eigenvalue weighted by Gasteiger charge is -2.13. The van der Waals surface area contributed by atoms with Crippen LogP contribution < -0.4 is 10.1 Å². The Kier molecular flexibility index (Phi) is 5.09. The van der Waals surface area contributed by atoms with E-state index in [-0.39, 0.29) is 5.91 Å². The van der Waals surface area contributed by atoms with Crippen molar-refractivity contribution in [3.05, 3.63) is 76.6 Å². The minimum atomic E-state index is -0.304. The molecule has 1 amide bonds. The van der Waals surface area contributed by atoms with Crippen LogP contribution in [0.1, 0.15) is 26.5 Å². The third kappa shape index (κ3) is 3.34. The van der Waals surface area contributed by atoms with Gasteiger partial charge in [-0.25, -0.2) is 0 Å². The third-order valence-corrected chi connectivity index (χ3v) is 4.32. The van der Waals surface area contributed by atoms with E-state index in [1.54, 1.807) is 55.0 Å². The van der Waals surface area contributed by atoms with Crippen molar-refractivity contribution < 1.29 is 14.3 Å². The van der Waals surface area contributed by atoms with Crippen molar-refractivity contribution in [2.75, 3.05) is 12.4 Å². The summed E-state index contributed by atoms with van der Waals surface area (Å²) in [5.74, 6) is 0.306. The number of benzene rings is 2. The van der Waals surface area contributed by atoms with Crippen molar-refractivity contribution in [3.63, 3.8) is 0 Å². The highest BCUT2D eigenvalue weighted by molar-refractivity contribution is 6.30. The summed E-state index contributed by atoms with van der Waals surface area (Å²) in [6.07, 6.45) is 0.721. The monoisotopic (exact) mass is 368 g/mol. The Morgan fingerprint density at radius 3 is 2.50 bits per heavy atom. The predicted octanol–water partition coefficient (Wildman–Crippen LogP) is 4.51. The minimum absolute atomic E-state index is 0.304. The fourth-order valence-corrected chi connectivity index (χ4v) is 2.94. The molecule has 0 saturated heterocycles. The van der Waals surface area contributed by atoms with Crippen LogP contribution in [0.3, 0.4) is 0 Å². The van der Waals surface area contributed by atoms with E-state index in [4.69, 9.17) is 16.3 Å². The van der Waals surface area contributed by atoms with E-state index in [0.29, 0.717) is 39.1 Å². The zero-order valence-corrected chi connectivity index (χ0v) is 15.1. The number of nitrogens with zero attached hydrogens (tertiary/aromatic N) is 1. The molecule has 0 unspecified atom stereocenters. The molecule has 0 aliphatic rings. The second-order valence-corrected chi connectivity index (χ2v) is 6.09. The van der Waals surface area contributed by atoms with E-state index in [1.165, 1.54) is 0 Å². The average molecular weight is 369 g/mol. The molecule has 0 bridgehead atoms. The number of methoxy groups -OCH3 is 1. The summed E-state index contributed by atoms with van der Waals surface area (Å²) in [6, 6.07) is 15.7. The van der Waals surface area contributed by atoms with Gasteiger partial charge < -0.3 is 14.6 Å². The van der Waals surface area contributed by atoms with Gasteiger partial charge in [0.25, 0.3) is 5.91 Å². The number of nitrogens with one attached hydrogen (secondary N) is 1. The first-order valence-corrected chi connectivity index (χ1v) is 8.30. The van der Waals surface area contributed by atoms with Crippen molar-refractivity contribution in [1.82, 2.24) is 4.57 Å². The quantitative estimate of drug-likeness (QED) is 0.674. The Morgan fingerprint density at radius 2 is 1.85 bits per heavy atom. The largest absolute Gasteiger partial charge is 0.495 e. The first-order chi connectivity index (χ1) is 12.5. The SMILES string of the molecule is COc1ccccc1-n1c(C=O)cc(C(=O)Nc2ccc(Cl)cc2)c1C. The smallest absolute Gasteiger partial charge is 0.257 e. The topological polar surface area (TPSA) is 60.3 Å². The summed E-state index contributed by atoms with van der Waals surface area (Å²) in [7, 11) is 1.56. The molecular formula is C20H17ClN2O3. The molecule has 1 N–H and O–H groups in total. The molecule has 3 aromatic rings. The molecule has 132 valence electrons. The summed E-state index contributed by atoms with van der Waals surface area (Å²) in [5, 5.41) is 3.40.